The van der Waals surface area contributed by atoms with Crippen LogP contribution >= 0.6 is 0 Å². The number of anilines is 1. The predicted octanol–water partition coefficient (Wildman–Crippen LogP) is 1.85. The fourth-order valence-electron chi connectivity index (χ4n) is 1.87. The third-order valence-corrected chi connectivity index (χ3v) is 3.09. The first kappa shape index (κ1) is 13.1. The highest BCUT2D eigenvalue weighted by Crippen LogP contribution is 2.11. The van der Waals surface area contributed by atoms with Gasteiger partial charge in [0.05, 0.1) is 11.9 Å². The Hall–Kier alpha value is -2.30. The molecule has 1 atom stereocenters. The molecule has 19 heavy (non-hydrogen) atoms. The molecule has 3 N–H and O–H groups in total. The van der Waals surface area contributed by atoms with Crippen LogP contribution < -0.4 is 11.1 Å². The number of aromatic nitrogens is 2. The molecule has 0 bridgehead atoms. The van der Waals surface area contributed by atoms with Gasteiger partial charge in [-0.1, -0.05) is 12.1 Å². The minimum Gasteiger partial charge on any atom is -0.398 e. The summed E-state index contributed by atoms with van der Waals surface area (Å²) in [5.74, 6) is -0.129. The van der Waals surface area contributed by atoms with Gasteiger partial charge in [-0.2, -0.15) is 0 Å². The number of nitrogens with one attached hydrogen (secondary N) is 1. The molecular weight excluding hydrogens is 240 g/mol. The van der Waals surface area contributed by atoms with Crippen LogP contribution in [0.3, 0.4) is 0 Å². The van der Waals surface area contributed by atoms with Gasteiger partial charge in [-0.15, -0.1) is 0 Å². The molecule has 0 aliphatic heterocycles. The third kappa shape index (κ3) is 3.34. The molecule has 0 radical (unpaired) electrons. The maximum atomic E-state index is 11.9. The monoisotopic (exact) mass is 258 g/mol. The molecule has 1 aromatic heterocycles. The van der Waals surface area contributed by atoms with Gasteiger partial charge in [0.25, 0.3) is 5.91 Å². The zero-order valence-corrected chi connectivity index (χ0v) is 10.9. The van der Waals surface area contributed by atoms with Crippen molar-refractivity contribution in [3.63, 3.8) is 0 Å². The molecule has 1 unspecified atom stereocenters. The summed E-state index contributed by atoms with van der Waals surface area (Å²) in [5.41, 5.74) is 6.79. The van der Waals surface area contributed by atoms with Gasteiger partial charge in [0, 0.05) is 30.7 Å². The highest BCUT2D eigenvalue weighted by Gasteiger charge is 2.09. The first-order valence-corrected chi connectivity index (χ1v) is 6.28. The fraction of sp³-hybridized carbons (Fsp3) is 0.286. The van der Waals surface area contributed by atoms with Crippen LogP contribution in [-0.2, 0) is 0 Å². The molecule has 0 saturated carbocycles. The van der Waals surface area contributed by atoms with E-state index in [-0.39, 0.29) is 5.91 Å². The van der Waals surface area contributed by atoms with E-state index >= 15 is 0 Å². The van der Waals surface area contributed by atoms with Gasteiger partial charge < -0.3 is 15.6 Å². The van der Waals surface area contributed by atoms with E-state index in [2.05, 4.69) is 17.2 Å². The highest BCUT2D eigenvalue weighted by atomic mass is 16.1. The maximum Gasteiger partial charge on any atom is 0.253 e. The molecule has 2 rings (SSSR count). The lowest BCUT2D eigenvalue weighted by atomic mass is 10.1. The number of hydrogen-bond acceptors (Lipinski definition) is 3. The van der Waals surface area contributed by atoms with Crippen molar-refractivity contribution in [2.45, 2.75) is 19.4 Å². The van der Waals surface area contributed by atoms with Crippen LogP contribution in [0.4, 0.5) is 5.69 Å². The molecule has 1 aromatic carbocycles. The molecule has 1 amide bonds. The number of imidazole rings is 1. The average Bonchev–Trinajstić information content (AvgIpc) is 2.93. The van der Waals surface area contributed by atoms with Crippen molar-refractivity contribution in [1.82, 2.24) is 14.9 Å². The summed E-state index contributed by atoms with van der Waals surface area (Å²) >= 11 is 0. The second-order valence-electron chi connectivity index (χ2n) is 4.49. The van der Waals surface area contributed by atoms with E-state index in [0.717, 1.165) is 6.42 Å². The van der Waals surface area contributed by atoms with Crippen LogP contribution in [0.2, 0.25) is 0 Å². The molecule has 5 nitrogen and oxygen atoms in total. The summed E-state index contributed by atoms with van der Waals surface area (Å²) in [6, 6.07) is 7.37. The van der Waals surface area contributed by atoms with E-state index in [1.54, 1.807) is 30.7 Å². The summed E-state index contributed by atoms with van der Waals surface area (Å²) in [4.78, 5) is 15.9. The predicted molar refractivity (Wildman–Crippen MR) is 74.7 cm³/mol. The number of amides is 1. The summed E-state index contributed by atoms with van der Waals surface area (Å²) in [7, 11) is 0. The van der Waals surface area contributed by atoms with Crippen molar-refractivity contribution in [2.24, 2.45) is 0 Å². The Labute approximate surface area is 112 Å². The van der Waals surface area contributed by atoms with E-state index in [1.807, 2.05) is 16.8 Å². The van der Waals surface area contributed by atoms with Crippen LogP contribution in [0.5, 0.6) is 0 Å². The summed E-state index contributed by atoms with van der Waals surface area (Å²) in [5, 5.41) is 2.88. The van der Waals surface area contributed by atoms with Crippen molar-refractivity contribution in [2.75, 3.05) is 12.3 Å². The van der Waals surface area contributed by atoms with Crippen LogP contribution in [0.25, 0.3) is 0 Å². The van der Waals surface area contributed by atoms with Crippen molar-refractivity contribution in [1.29, 1.82) is 0 Å². The highest BCUT2D eigenvalue weighted by molar-refractivity contribution is 5.98. The van der Waals surface area contributed by atoms with Gasteiger partial charge >= 0.3 is 0 Å². The normalized spacial score (nSPS) is 12.1. The Morgan fingerprint density at radius 3 is 2.95 bits per heavy atom. The standard InChI is InChI=1S/C14H18N4O/c1-11(18-9-8-16-10-18)6-7-17-14(19)12-4-2-3-5-13(12)15/h2-5,8-11H,6-7,15H2,1H3,(H,17,19). The zero-order valence-electron chi connectivity index (χ0n) is 10.9. The zero-order chi connectivity index (χ0) is 13.7. The van der Waals surface area contributed by atoms with Gasteiger partial charge in [0.1, 0.15) is 0 Å². The third-order valence-electron chi connectivity index (χ3n) is 3.09. The first-order valence-electron chi connectivity index (χ1n) is 6.28. The number of benzene rings is 1. The number of nitrogen functional groups attached to an aromatic ring is 1. The van der Waals surface area contributed by atoms with Gasteiger partial charge in [-0.3, -0.25) is 4.79 Å². The van der Waals surface area contributed by atoms with Crippen LogP contribution in [-0.4, -0.2) is 22.0 Å². The second kappa shape index (κ2) is 6.04. The molecule has 0 saturated heterocycles. The van der Waals surface area contributed by atoms with Crippen molar-refractivity contribution >= 4 is 11.6 Å². The number of nitrogens with two attached hydrogens (primary N) is 1. The number of rotatable bonds is 5. The molecule has 1 heterocycles. The smallest absolute Gasteiger partial charge is 0.253 e. The maximum absolute atomic E-state index is 11.9. The van der Waals surface area contributed by atoms with Crippen molar-refractivity contribution in [3.05, 3.63) is 48.5 Å². The van der Waals surface area contributed by atoms with Gasteiger partial charge in [-0.05, 0) is 25.5 Å². The number of hydrogen-bond donors (Lipinski definition) is 2. The Kier molecular flexibility index (Phi) is 4.18. The summed E-state index contributed by atoms with van der Waals surface area (Å²) in [6.45, 7) is 2.69. The number of carbonyl (C=O) groups excluding carboxylic acids is 1. The van der Waals surface area contributed by atoms with Crippen LogP contribution in [0.15, 0.2) is 43.0 Å². The number of nitrogens with zero attached hydrogens (tertiary/aromatic N) is 2. The molecule has 0 aliphatic rings. The van der Waals surface area contributed by atoms with Gasteiger partial charge in [0.2, 0.25) is 0 Å². The lowest BCUT2D eigenvalue weighted by Gasteiger charge is -2.13. The topological polar surface area (TPSA) is 72.9 Å². The second-order valence-corrected chi connectivity index (χ2v) is 4.49. The van der Waals surface area contributed by atoms with Crippen LogP contribution in [0, 0.1) is 0 Å². The van der Waals surface area contributed by atoms with Crippen molar-refractivity contribution in [3.8, 4) is 0 Å². The summed E-state index contributed by atoms with van der Waals surface area (Å²) < 4.78 is 2.02. The largest absolute Gasteiger partial charge is 0.398 e. The number of para-hydroxylation sites is 1. The van der Waals surface area contributed by atoms with E-state index in [1.165, 1.54) is 0 Å². The lowest BCUT2D eigenvalue weighted by Crippen LogP contribution is -2.26. The van der Waals surface area contributed by atoms with Crippen LogP contribution in [0.1, 0.15) is 29.7 Å². The van der Waals surface area contributed by atoms with E-state index in [0.29, 0.717) is 23.8 Å². The molecule has 2 aromatic rings. The Morgan fingerprint density at radius 2 is 2.26 bits per heavy atom. The van der Waals surface area contributed by atoms with Gasteiger partial charge in [-0.25, -0.2) is 4.98 Å². The molecular formula is C14H18N4O. The molecule has 0 spiro atoms. The Bertz CT molecular complexity index is 536. The Balaban J connectivity index is 1.83. The average molecular weight is 258 g/mol. The van der Waals surface area contributed by atoms with E-state index in [4.69, 9.17) is 5.73 Å². The summed E-state index contributed by atoms with van der Waals surface area (Å²) in [6.07, 6.45) is 6.29. The quantitative estimate of drug-likeness (QED) is 0.804. The fourth-order valence-corrected chi connectivity index (χ4v) is 1.87. The van der Waals surface area contributed by atoms with E-state index < -0.39 is 0 Å². The first-order chi connectivity index (χ1) is 9.18. The van der Waals surface area contributed by atoms with Crippen molar-refractivity contribution < 1.29 is 4.79 Å². The molecule has 100 valence electrons. The van der Waals surface area contributed by atoms with Gasteiger partial charge in [0.15, 0.2) is 0 Å². The van der Waals surface area contributed by atoms with E-state index in [9.17, 15) is 4.79 Å². The Morgan fingerprint density at radius 1 is 1.47 bits per heavy atom. The minimum absolute atomic E-state index is 0.129. The minimum atomic E-state index is -0.129. The lowest BCUT2D eigenvalue weighted by molar-refractivity contribution is 0.0953. The number of carbonyl (C=O) groups is 1. The molecule has 5 heteroatoms. The SMILES string of the molecule is CC(CCNC(=O)c1ccccc1N)n1ccnc1. The molecule has 0 fully saturated rings. The molecule has 0 aliphatic carbocycles.